The van der Waals surface area contributed by atoms with Crippen LogP contribution in [-0.4, -0.2) is 47.0 Å². The third-order valence-corrected chi connectivity index (χ3v) is 4.87. The second-order valence-electron chi connectivity index (χ2n) is 6.61. The molecule has 0 unspecified atom stereocenters. The van der Waals surface area contributed by atoms with Crippen molar-refractivity contribution >= 4 is 11.6 Å². The van der Waals surface area contributed by atoms with Gasteiger partial charge in [-0.15, -0.1) is 5.10 Å². The molecule has 0 bridgehead atoms. The quantitative estimate of drug-likeness (QED) is 0.713. The van der Waals surface area contributed by atoms with Crippen molar-refractivity contribution in [2.24, 2.45) is 0 Å². The Kier molecular flexibility index (Phi) is 4.27. The highest BCUT2D eigenvalue weighted by Gasteiger charge is 2.35. The van der Waals surface area contributed by atoms with E-state index in [2.05, 4.69) is 15.2 Å². The van der Waals surface area contributed by atoms with Gasteiger partial charge in [0.2, 0.25) is 0 Å². The van der Waals surface area contributed by atoms with E-state index >= 15 is 0 Å². The van der Waals surface area contributed by atoms with Gasteiger partial charge >= 0.3 is 0 Å². The second kappa shape index (κ2) is 6.75. The van der Waals surface area contributed by atoms with Crippen LogP contribution in [0.3, 0.4) is 0 Å². The van der Waals surface area contributed by atoms with Crippen LogP contribution in [0.15, 0.2) is 54.7 Å². The highest BCUT2D eigenvalue weighted by atomic mass is 16.5. The van der Waals surface area contributed by atoms with E-state index in [0.29, 0.717) is 12.1 Å². The number of carbonyl (C=O) groups is 1. The summed E-state index contributed by atoms with van der Waals surface area (Å²) in [6.07, 6.45) is 1.59. The van der Waals surface area contributed by atoms with E-state index in [-0.39, 0.29) is 12.1 Å². The lowest BCUT2D eigenvalue weighted by molar-refractivity contribution is 0.0707. The van der Waals surface area contributed by atoms with E-state index < -0.39 is 0 Å². The number of carbonyl (C=O) groups excluding carboxylic acids is 1. The van der Waals surface area contributed by atoms with E-state index in [0.717, 1.165) is 22.7 Å². The first-order valence-corrected chi connectivity index (χ1v) is 8.70. The Morgan fingerprint density at radius 1 is 1.07 bits per heavy atom. The van der Waals surface area contributed by atoms with Crippen molar-refractivity contribution < 1.29 is 9.53 Å². The Balaban J connectivity index is 1.62. The Morgan fingerprint density at radius 3 is 2.70 bits per heavy atom. The molecule has 3 aromatic rings. The molecule has 1 amide bonds. The monoisotopic (exact) mass is 363 g/mol. The van der Waals surface area contributed by atoms with E-state index in [1.54, 1.807) is 23.7 Å². The first-order valence-electron chi connectivity index (χ1n) is 8.70. The van der Waals surface area contributed by atoms with Crippen LogP contribution in [0, 0.1) is 0 Å². The number of rotatable bonds is 4. The van der Waals surface area contributed by atoms with Crippen molar-refractivity contribution in [2.75, 3.05) is 26.1 Å². The minimum atomic E-state index is -0.300. The maximum atomic E-state index is 12.7. The number of nitrogens with zero attached hydrogens (tertiary/aromatic N) is 5. The molecule has 27 heavy (non-hydrogen) atoms. The lowest BCUT2D eigenvalue weighted by Crippen LogP contribution is -2.45. The summed E-state index contributed by atoms with van der Waals surface area (Å²) in [5.74, 6) is 0.790. The third kappa shape index (κ3) is 3.01. The molecule has 0 aliphatic carbocycles. The largest absolute Gasteiger partial charge is 0.497 e. The molecule has 0 N–H and O–H groups in total. The molecule has 1 aromatic heterocycles. The van der Waals surface area contributed by atoms with Crippen LogP contribution in [0.1, 0.15) is 27.8 Å². The highest BCUT2D eigenvalue weighted by Crippen LogP contribution is 2.35. The van der Waals surface area contributed by atoms with Crippen molar-refractivity contribution in [3.8, 4) is 5.75 Å². The number of anilines is 1. The van der Waals surface area contributed by atoms with Gasteiger partial charge in [0.15, 0.2) is 6.17 Å². The molecule has 7 heteroatoms. The van der Waals surface area contributed by atoms with Gasteiger partial charge in [0, 0.05) is 14.1 Å². The zero-order chi connectivity index (χ0) is 19.0. The maximum absolute atomic E-state index is 12.7. The number of ether oxygens (including phenoxy) is 1. The summed E-state index contributed by atoms with van der Waals surface area (Å²) >= 11 is 0. The molecule has 1 aliphatic rings. The molecule has 0 fully saturated rings. The van der Waals surface area contributed by atoms with Gasteiger partial charge in [-0.3, -0.25) is 4.79 Å². The summed E-state index contributed by atoms with van der Waals surface area (Å²) in [6, 6.07) is 15.5. The number of fused-ring (bicyclic) bond motifs is 1. The van der Waals surface area contributed by atoms with Gasteiger partial charge in [-0.2, -0.15) is 0 Å². The van der Waals surface area contributed by atoms with Gasteiger partial charge in [-0.05, 0) is 29.8 Å². The predicted octanol–water partition coefficient (Wildman–Crippen LogP) is 2.56. The van der Waals surface area contributed by atoms with Gasteiger partial charge in [-0.1, -0.05) is 29.5 Å². The van der Waals surface area contributed by atoms with Crippen molar-refractivity contribution in [1.82, 2.24) is 19.9 Å². The number of para-hydroxylation sites is 1. The fraction of sp³-hybridized carbons (Fsp3) is 0.250. The first kappa shape index (κ1) is 17.1. The number of hydrogen-bond donors (Lipinski definition) is 0. The number of benzene rings is 2. The zero-order valence-electron chi connectivity index (χ0n) is 15.5. The van der Waals surface area contributed by atoms with E-state index in [1.165, 1.54) is 0 Å². The van der Waals surface area contributed by atoms with Crippen molar-refractivity contribution in [3.63, 3.8) is 0 Å². The van der Waals surface area contributed by atoms with Crippen LogP contribution >= 0.6 is 0 Å². The normalized spacial score (nSPS) is 16.4. The van der Waals surface area contributed by atoms with E-state index in [9.17, 15) is 4.79 Å². The molecular weight excluding hydrogens is 342 g/mol. The minimum Gasteiger partial charge on any atom is -0.497 e. The molecular formula is C20H21N5O2. The molecule has 0 spiro atoms. The summed E-state index contributed by atoms with van der Waals surface area (Å²) < 4.78 is 7.04. The van der Waals surface area contributed by atoms with Crippen LogP contribution in [0.2, 0.25) is 0 Å². The van der Waals surface area contributed by atoms with E-state index in [4.69, 9.17) is 4.74 Å². The Bertz CT molecular complexity index is 984. The number of hydrogen-bond acceptors (Lipinski definition) is 5. The molecule has 7 nitrogen and oxygen atoms in total. The first-order chi connectivity index (χ1) is 13.1. The predicted molar refractivity (Wildman–Crippen MR) is 102 cm³/mol. The molecule has 0 radical (unpaired) electrons. The lowest BCUT2D eigenvalue weighted by atomic mass is 10.1. The number of aromatic nitrogens is 3. The number of methoxy groups -OCH3 is 1. The topological polar surface area (TPSA) is 63.5 Å². The Hall–Kier alpha value is -3.35. The van der Waals surface area contributed by atoms with Crippen LogP contribution in [0.25, 0.3) is 0 Å². The number of amides is 1. The molecule has 4 rings (SSSR count). The molecule has 2 aromatic carbocycles. The maximum Gasteiger partial charge on any atom is 0.257 e. The van der Waals surface area contributed by atoms with Crippen molar-refractivity contribution in [3.05, 3.63) is 71.5 Å². The molecule has 138 valence electrons. The van der Waals surface area contributed by atoms with Crippen LogP contribution in [0.5, 0.6) is 5.75 Å². The van der Waals surface area contributed by atoms with Crippen LogP contribution in [0.4, 0.5) is 5.69 Å². The lowest BCUT2D eigenvalue weighted by Gasteiger charge is -2.40. The smallest absolute Gasteiger partial charge is 0.257 e. The van der Waals surface area contributed by atoms with Gasteiger partial charge in [0.25, 0.3) is 5.91 Å². The van der Waals surface area contributed by atoms with Gasteiger partial charge < -0.3 is 14.5 Å². The zero-order valence-corrected chi connectivity index (χ0v) is 15.5. The van der Waals surface area contributed by atoms with Crippen molar-refractivity contribution in [1.29, 1.82) is 0 Å². The van der Waals surface area contributed by atoms with E-state index in [1.807, 2.05) is 61.8 Å². The Morgan fingerprint density at radius 2 is 1.89 bits per heavy atom. The summed E-state index contributed by atoms with van der Waals surface area (Å²) in [7, 11) is 5.41. The highest BCUT2D eigenvalue weighted by molar-refractivity contribution is 6.01. The van der Waals surface area contributed by atoms with Crippen LogP contribution in [-0.2, 0) is 6.54 Å². The summed E-state index contributed by atoms with van der Waals surface area (Å²) in [5.41, 5.74) is 3.39. The molecule has 1 aliphatic heterocycles. The van der Waals surface area contributed by atoms with Gasteiger partial charge in [-0.25, -0.2) is 4.68 Å². The average Bonchev–Trinajstić information content (AvgIpc) is 3.14. The van der Waals surface area contributed by atoms with Gasteiger partial charge in [0.05, 0.1) is 31.1 Å². The fourth-order valence-corrected chi connectivity index (χ4v) is 3.52. The standard InChI is InChI=1S/C20H21N5O2/c1-23-18-10-5-4-9-16(18)20(26)24(2)19(23)17-13-25(22-21-17)12-14-7-6-8-15(11-14)27-3/h4-11,13,19H,12H2,1-3H3/t19-/m0/s1. The summed E-state index contributed by atoms with van der Waals surface area (Å²) in [5, 5.41) is 8.59. The summed E-state index contributed by atoms with van der Waals surface area (Å²) in [4.78, 5) is 16.5. The second-order valence-corrected chi connectivity index (χ2v) is 6.61. The summed E-state index contributed by atoms with van der Waals surface area (Å²) in [6.45, 7) is 0.578. The third-order valence-electron chi connectivity index (χ3n) is 4.87. The average molecular weight is 363 g/mol. The molecule has 0 saturated carbocycles. The fourth-order valence-electron chi connectivity index (χ4n) is 3.52. The SMILES string of the molecule is COc1cccc(Cn2cc([C@@H]3N(C)C(=O)c4ccccc4N3C)nn2)c1. The minimum absolute atomic E-state index is 0.0176. The molecule has 0 saturated heterocycles. The van der Waals surface area contributed by atoms with Crippen LogP contribution < -0.4 is 9.64 Å². The van der Waals surface area contributed by atoms with Crippen molar-refractivity contribution in [2.45, 2.75) is 12.7 Å². The molecule has 2 heterocycles. The Labute approximate surface area is 157 Å². The molecule has 1 atom stereocenters. The van der Waals surface area contributed by atoms with Gasteiger partial charge in [0.1, 0.15) is 11.4 Å².